The molecule has 0 aliphatic heterocycles. The Bertz CT molecular complexity index is 398. The number of hydrogen-bond acceptors (Lipinski definition) is 3. The van der Waals surface area contributed by atoms with Crippen molar-refractivity contribution in [2.45, 2.75) is 24.3 Å². The van der Waals surface area contributed by atoms with E-state index in [4.69, 9.17) is 16.2 Å². The molecule has 3 nitrogen and oxygen atoms in total. The van der Waals surface area contributed by atoms with Gasteiger partial charge < -0.3 is 10.8 Å². The molecular formula is C12H17FN2OS. The van der Waals surface area contributed by atoms with Crippen LogP contribution in [-0.2, 0) is 5.75 Å². The van der Waals surface area contributed by atoms with E-state index in [1.807, 2.05) is 6.92 Å². The minimum atomic E-state index is -0.332. The summed E-state index contributed by atoms with van der Waals surface area (Å²) in [5.41, 5.74) is 6.28. The van der Waals surface area contributed by atoms with Crippen LogP contribution in [0.5, 0.6) is 0 Å². The molecule has 0 aliphatic carbocycles. The van der Waals surface area contributed by atoms with E-state index in [9.17, 15) is 4.39 Å². The number of aliphatic hydroxyl groups excluding tert-OH is 1. The molecule has 0 spiro atoms. The van der Waals surface area contributed by atoms with E-state index < -0.39 is 0 Å². The van der Waals surface area contributed by atoms with Gasteiger partial charge in [0, 0.05) is 23.2 Å². The van der Waals surface area contributed by atoms with Gasteiger partial charge in [0.05, 0.1) is 0 Å². The number of halogens is 1. The molecule has 0 saturated carbocycles. The van der Waals surface area contributed by atoms with Crippen LogP contribution in [0.1, 0.15) is 24.5 Å². The number of nitrogens with one attached hydrogen (secondary N) is 1. The standard InChI is InChI=1S/C12H17FN2OS/c1-8(4-5-16)17-7-10-3-2-9(12(14)15)6-11(10)13/h2-3,6,8,16H,4-5,7H2,1H3,(H3,14,15). The summed E-state index contributed by atoms with van der Waals surface area (Å²) in [6, 6.07) is 4.59. The van der Waals surface area contributed by atoms with Crippen LogP contribution in [0.4, 0.5) is 4.39 Å². The molecule has 1 aromatic carbocycles. The summed E-state index contributed by atoms with van der Waals surface area (Å²) in [7, 11) is 0. The summed E-state index contributed by atoms with van der Waals surface area (Å²) in [5, 5.41) is 16.3. The van der Waals surface area contributed by atoms with Gasteiger partial charge in [0.25, 0.3) is 0 Å². The van der Waals surface area contributed by atoms with Gasteiger partial charge in [-0.2, -0.15) is 11.8 Å². The molecule has 1 aromatic rings. The summed E-state index contributed by atoms with van der Waals surface area (Å²) < 4.78 is 13.6. The highest BCUT2D eigenvalue weighted by Crippen LogP contribution is 2.22. The van der Waals surface area contributed by atoms with Gasteiger partial charge in [-0.25, -0.2) is 4.39 Å². The second-order valence-corrected chi connectivity index (χ2v) is 5.28. The fourth-order valence-corrected chi connectivity index (χ4v) is 2.30. The Labute approximate surface area is 105 Å². The molecule has 1 atom stereocenters. The predicted molar refractivity (Wildman–Crippen MR) is 69.9 cm³/mol. The molecule has 94 valence electrons. The zero-order valence-electron chi connectivity index (χ0n) is 9.74. The number of rotatable bonds is 6. The molecule has 0 bridgehead atoms. The van der Waals surface area contributed by atoms with Crippen molar-refractivity contribution < 1.29 is 9.50 Å². The first-order chi connectivity index (χ1) is 8.04. The van der Waals surface area contributed by atoms with Crippen molar-refractivity contribution in [3.8, 4) is 0 Å². The van der Waals surface area contributed by atoms with Crippen molar-refractivity contribution in [2.24, 2.45) is 5.73 Å². The Kier molecular flexibility index (Phi) is 5.44. The average molecular weight is 256 g/mol. The first-order valence-corrected chi connectivity index (χ1v) is 6.44. The summed E-state index contributed by atoms with van der Waals surface area (Å²) >= 11 is 1.60. The molecule has 0 aromatic heterocycles. The number of benzene rings is 1. The van der Waals surface area contributed by atoms with E-state index in [-0.39, 0.29) is 18.3 Å². The lowest BCUT2D eigenvalue weighted by Crippen LogP contribution is -2.11. The van der Waals surface area contributed by atoms with Gasteiger partial charge in [0.1, 0.15) is 11.7 Å². The maximum atomic E-state index is 13.6. The minimum absolute atomic E-state index is 0.128. The Balaban J connectivity index is 2.63. The zero-order valence-corrected chi connectivity index (χ0v) is 10.6. The van der Waals surface area contributed by atoms with Crippen LogP contribution in [0.2, 0.25) is 0 Å². The van der Waals surface area contributed by atoms with Gasteiger partial charge in [-0.3, -0.25) is 5.41 Å². The molecule has 0 radical (unpaired) electrons. The Morgan fingerprint density at radius 3 is 2.82 bits per heavy atom. The molecule has 0 aliphatic rings. The van der Waals surface area contributed by atoms with Crippen LogP contribution in [-0.4, -0.2) is 22.8 Å². The SMILES string of the molecule is CC(CCO)SCc1ccc(C(=N)N)cc1F. The number of aliphatic hydroxyl groups is 1. The van der Waals surface area contributed by atoms with Gasteiger partial charge in [-0.1, -0.05) is 19.1 Å². The summed E-state index contributed by atoms with van der Waals surface area (Å²) in [5.74, 6) is 0.101. The van der Waals surface area contributed by atoms with Crippen molar-refractivity contribution in [2.75, 3.05) is 6.61 Å². The van der Waals surface area contributed by atoms with Crippen LogP contribution in [0.25, 0.3) is 0 Å². The summed E-state index contributed by atoms with van der Waals surface area (Å²) in [6.07, 6.45) is 0.706. The van der Waals surface area contributed by atoms with Gasteiger partial charge in [0.15, 0.2) is 0 Å². The normalized spacial score (nSPS) is 12.4. The highest BCUT2D eigenvalue weighted by molar-refractivity contribution is 7.99. The maximum Gasteiger partial charge on any atom is 0.127 e. The van der Waals surface area contributed by atoms with Crippen LogP contribution < -0.4 is 5.73 Å². The van der Waals surface area contributed by atoms with E-state index in [2.05, 4.69) is 0 Å². The number of nitrogens with two attached hydrogens (primary N) is 1. The molecule has 4 N–H and O–H groups in total. The van der Waals surface area contributed by atoms with Crippen LogP contribution in [0.15, 0.2) is 18.2 Å². The average Bonchev–Trinajstić information content (AvgIpc) is 2.27. The predicted octanol–water partition coefficient (Wildman–Crippen LogP) is 2.11. The van der Waals surface area contributed by atoms with Crippen molar-refractivity contribution in [1.82, 2.24) is 0 Å². The minimum Gasteiger partial charge on any atom is -0.396 e. The zero-order chi connectivity index (χ0) is 12.8. The fourth-order valence-electron chi connectivity index (χ4n) is 1.33. The van der Waals surface area contributed by atoms with Crippen molar-refractivity contribution in [3.63, 3.8) is 0 Å². The highest BCUT2D eigenvalue weighted by Gasteiger charge is 2.08. The molecule has 1 unspecified atom stereocenters. The fraction of sp³-hybridized carbons (Fsp3) is 0.417. The molecule has 0 heterocycles. The molecule has 17 heavy (non-hydrogen) atoms. The Morgan fingerprint density at radius 2 is 2.29 bits per heavy atom. The topological polar surface area (TPSA) is 70.1 Å². The molecule has 0 saturated heterocycles. The number of nitrogen functional groups attached to an aromatic ring is 1. The number of thioether (sulfide) groups is 1. The number of amidine groups is 1. The monoisotopic (exact) mass is 256 g/mol. The van der Waals surface area contributed by atoms with Crippen LogP contribution >= 0.6 is 11.8 Å². The molecule has 0 amide bonds. The van der Waals surface area contributed by atoms with Gasteiger partial charge in [-0.05, 0) is 18.1 Å². The van der Waals surface area contributed by atoms with E-state index >= 15 is 0 Å². The summed E-state index contributed by atoms with van der Waals surface area (Å²) in [6.45, 7) is 2.16. The van der Waals surface area contributed by atoms with Gasteiger partial charge >= 0.3 is 0 Å². The first kappa shape index (κ1) is 14.0. The maximum absolute atomic E-state index is 13.6. The second-order valence-electron chi connectivity index (χ2n) is 3.85. The Hall–Kier alpha value is -1.07. The van der Waals surface area contributed by atoms with Crippen molar-refractivity contribution in [3.05, 3.63) is 35.1 Å². The van der Waals surface area contributed by atoms with E-state index in [0.29, 0.717) is 28.6 Å². The quantitative estimate of drug-likeness (QED) is 0.539. The van der Waals surface area contributed by atoms with Crippen molar-refractivity contribution >= 4 is 17.6 Å². The third kappa shape index (κ3) is 4.36. The lowest BCUT2D eigenvalue weighted by Gasteiger charge is -2.10. The molecule has 0 fully saturated rings. The molecular weight excluding hydrogens is 239 g/mol. The van der Waals surface area contributed by atoms with Crippen LogP contribution in [0.3, 0.4) is 0 Å². The smallest absolute Gasteiger partial charge is 0.127 e. The van der Waals surface area contributed by atoms with Crippen LogP contribution in [0, 0.1) is 11.2 Å². The molecule has 1 rings (SSSR count). The third-order valence-electron chi connectivity index (χ3n) is 2.42. The second kappa shape index (κ2) is 6.61. The first-order valence-electron chi connectivity index (χ1n) is 5.40. The van der Waals surface area contributed by atoms with Gasteiger partial charge in [0.2, 0.25) is 0 Å². The van der Waals surface area contributed by atoms with Gasteiger partial charge in [-0.15, -0.1) is 0 Å². The summed E-state index contributed by atoms with van der Waals surface area (Å²) in [4.78, 5) is 0. The third-order valence-corrected chi connectivity index (χ3v) is 3.71. The van der Waals surface area contributed by atoms with E-state index in [0.717, 1.165) is 0 Å². The van der Waals surface area contributed by atoms with E-state index in [1.54, 1.807) is 23.9 Å². The number of hydrogen-bond donors (Lipinski definition) is 3. The highest BCUT2D eigenvalue weighted by atomic mass is 32.2. The van der Waals surface area contributed by atoms with Crippen molar-refractivity contribution in [1.29, 1.82) is 5.41 Å². The lowest BCUT2D eigenvalue weighted by molar-refractivity contribution is 0.289. The lowest BCUT2D eigenvalue weighted by atomic mass is 10.1. The molecule has 5 heteroatoms. The van der Waals surface area contributed by atoms with E-state index in [1.165, 1.54) is 6.07 Å². The Morgan fingerprint density at radius 1 is 1.59 bits per heavy atom. The largest absolute Gasteiger partial charge is 0.396 e.